The van der Waals surface area contributed by atoms with Gasteiger partial charge in [-0.1, -0.05) is 62.2 Å². The zero-order chi connectivity index (χ0) is 31.0. The molecule has 3 unspecified atom stereocenters. The zero-order valence-corrected chi connectivity index (χ0v) is 26.2. The summed E-state index contributed by atoms with van der Waals surface area (Å²) in [5.41, 5.74) is 0.947. The Bertz CT molecular complexity index is 1150. The van der Waals surface area contributed by atoms with Crippen LogP contribution in [-0.2, 0) is 20.7 Å². The highest BCUT2D eigenvalue weighted by Crippen LogP contribution is 2.33. The number of benzene rings is 2. The smallest absolute Gasteiger partial charge is 0.408 e. The molecule has 0 spiro atoms. The van der Waals surface area contributed by atoms with Crippen molar-refractivity contribution in [2.75, 3.05) is 0 Å². The average Bonchev–Trinajstić information content (AvgIpc) is 2.87. The van der Waals surface area contributed by atoms with Crippen LogP contribution < -0.4 is 10.6 Å². The van der Waals surface area contributed by atoms with E-state index in [0.717, 1.165) is 24.0 Å². The maximum absolute atomic E-state index is 14.6. The Morgan fingerprint density at radius 1 is 0.927 bits per heavy atom. The number of aryl methyl sites for hydroxylation is 1. The number of rotatable bonds is 12. The van der Waals surface area contributed by atoms with Crippen molar-refractivity contribution in [3.63, 3.8) is 0 Å². The van der Waals surface area contributed by atoms with Gasteiger partial charge in [-0.25, -0.2) is 4.79 Å². The minimum Gasteiger partial charge on any atom is -0.508 e. The highest BCUT2D eigenvalue weighted by Gasteiger charge is 2.43. The third-order valence-corrected chi connectivity index (χ3v) is 7.13. The number of hydrogen-bond donors (Lipinski definition) is 3. The van der Waals surface area contributed by atoms with Crippen LogP contribution in [0.25, 0.3) is 0 Å². The van der Waals surface area contributed by atoms with Gasteiger partial charge in [0.2, 0.25) is 11.8 Å². The Morgan fingerprint density at radius 2 is 1.51 bits per heavy atom. The summed E-state index contributed by atoms with van der Waals surface area (Å²) in [6, 6.07) is 12.1. The molecule has 0 heterocycles. The molecule has 2 aromatic carbocycles. The van der Waals surface area contributed by atoms with Gasteiger partial charge in [0.05, 0.1) is 0 Å². The number of ether oxygens (including phenoxy) is 1. The Labute approximate surface area is 245 Å². The van der Waals surface area contributed by atoms with Crippen LogP contribution in [0.2, 0.25) is 0 Å². The highest BCUT2D eigenvalue weighted by molar-refractivity contribution is 5.93. The number of nitrogens with one attached hydrogen (secondary N) is 2. The molecule has 226 valence electrons. The van der Waals surface area contributed by atoms with E-state index in [-0.39, 0.29) is 24.1 Å². The van der Waals surface area contributed by atoms with E-state index >= 15 is 0 Å². The Morgan fingerprint density at radius 3 is 2.02 bits per heavy atom. The lowest BCUT2D eigenvalue weighted by Gasteiger charge is -2.45. The third kappa shape index (κ3) is 10.1. The topological polar surface area (TPSA) is 108 Å². The van der Waals surface area contributed by atoms with Gasteiger partial charge in [-0.05, 0) is 84.6 Å². The van der Waals surface area contributed by atoms with E-state index in [1.165, 1.54) is 12.1 Å². The average molecular weight is 568 g/mol. The molecule has 41 heavy (non-hydrogen) atoms. The van der Waals surface area contributed by atoms with Crippen LogP contribution in [0.3, 0.4) is 0 Å². The van der Waals surface area contributed by atoms with Gasteiger partial charge in [-0.2, -0.15) is 0 Å². The molecule has 0 aliphatic heterocycles. The number of phenols is 1. The van der Waals surface area contributed by atoms with E-state index in [0.29, 0.717) is 12.0 Å². The lowest BCUT2D eigenvalue weighted by molar-refractivity contribution is -0.149. The molecular formula is C33H49N3O5. The summed E-state index contributed by atoms with van der Waals surface area (Å²) in [7, 11) is 0. The summed E-state index contributed by atoms with van der Waals surface area (Å²) in [6.07, 6.45) is 1.70. The van der Waals surface area contributed by atoms with Gasteiger partial charge in [0.1, 0.15) is 23.4 Å². The minimum atomic E-state index is -1.03. The predicted octanol–water partition coefficient (Wildman–Crippen LogP) is 6.20. The first-order valence-corrected chi connectivity index (χ1v) is 14.6. The second-order valence-electron chi connectivity index (χ2n) is 12.5. The SMILES string of the molecule is CCCC(C)NC(=O)C(c1ccc(C)cc1)N(C(=O)C(Cc1ccc(O)cc1)NC(=O)OC(C)(C)C)C(C)(C)CC. The molecular weight excluding hydrogens is 518 g/mol. The number of amides is 3. The van der Waals surface area contributed by atoms with E-state index in [1.807, 2.05) is 58.9 Å². The summed E-state index contributed by atoms with van der Waals surface area (Å²) < 4.78 is 5.51. The van der Waals surface area contributed by atoms with Crippen molar-refractivity contribution in [2.24, 2.45) is 0 Å². The normalized spacial score (nSPS) is 14.0. The molecule has 0 saturated heterocycles. The highest BCUT2D eigenvalue weighted by atomic mass is 16.6. The van der Waals surface area contributed by atoms with Crippen LogP contribution >= 0.6 is 0 Å². The van der Waals surface area contributed by atoms with Crippen LogP contribution in [0, 0.1) is 6.92 Å². The fourth-order valence-corrected chi connectivity index (χ4v) is 4.62. The number of carbonyl (C=O) groups is 3. The lowest BCUT2D eigenvalue weighted by Crippen LogP contribution is -2.60. The van der Waals surface area contributed by atoms with E-state index in [4.69, 9.17) is 4.74 Å². The van der Waals surface area contributed by atoms with Crippen molar-refractivity contribution in [1.29, 1.82) is 0 Å². The Balaban J connectivity index is 2.65. The fraction of sp³-hybridized carbons (Fsp3) is 0.545. The molecule has 0 aliphatic carbocycles. The van der Waals surface area contributed by atoms with Gasteiger partial charge in [0, 0.05) is 18.0 Å². The molecule has 3 atom stereocenters. The van der Waals surface area contributed by atoms with E-state index in [2.05, 4.69) is 17.6 Å². The number of hydrogen-bond acceptors (Lipinski definition) is 5. The summed E-state index contributed by atoms with van der Waals surface area (Å²) in [4.78, 5) is 43.2. The summed E-state index contributed by atoms with van der Waals surface area (Å²) in [5, 5.41) is 15.7. The van der Waals surface area contributed by atoms with E-state index < -0.39 is 35.2 Å². The van der Waals surface area contributed by atoms with E-state index in [1.54, 1.807) is 37.8 Å². The van der Waals surface area contributed by atoms with Gasteiger partial charge < -0.3 is 25.4 Å². The van der Waals surface area contributed by atoms with Crippen molar-refractivity contribution >= 4 is 17.9 Å². The predicted molar refractivity (Wildman–Crippen MR) is 163 cm³/mol. The molecule has 3 amide bonds. The Hall–Kier alpha value is -3.55. The van der Waals surface area contributed by atoms with Crippen LogP contribution in [0.5, 0.6) is 5.75 Å². The van der Waals surface area contributed by atoms with Gasteiger partial charge in [-0.3, -0.25) is 9.59 Å². The first-order chi connectivity index (χ1) is 19.1. The number of aromatic hydroxyl groups is 1. The molecule has 0 bridgehead atoms. The number of carbonyl (C=O) groups excluding carboxylic acids is 3. The van der Waals surface area contributed by atoms with E-state index in [9.17, 15) is 19.5 Å². The van der Waals surface area contributed by atoms with Gasteiger partial charge >= 0.3 is 6.09 Å². The number of phenolic OH excluding ortho intramolecular Hbond substituents is 1. The van der Waals surface area contributed by atoms with Crippen molar-refractivity contribution in [3.8, 4) is 5.75 Å². The lowest BCUT2D eigenvalue weighted by atomic mass is 9.90. The molecule has 0 saturated carbocycles. The maximum Gasteiger partial charge on any atom is 0.408 e. The number of nitrogens with zero attached hydrogens (tertiary/aromatic N) is 1. The van der Waals surface area contributed by atoms with Gasteiger partial charge in [0.25, 0.3) is 0 Å². The van der Waals surface area contributed by atoms with Crippen LogP contribution in [-0.4, -0.2) is 51.1 Å². The van der Waals surface area contributed by atoms with Crippen molar-refractivity contribution < 1.29 is 24.2 Å². The second-order valence-corrected chi connectivity index (χ2v) is 12.5. The van der Waals surface area contributed by atoms with Crippen LogP contribution in [0.4, 0.5) is 4.79 Å². The molecule has 8 heteroatoms. The first-order valence-electron chi connectivity index (χ1n) is 14.6. The molecule has 0 aliphatic rings. The molecule has 0 aromatic heterocycles. The molecule has 3 N–H and O–H groups in total. The molecule has 0 fully saturated rings. The largest absolute Gasteiger partial charge is 0.508 e. The van der Waals surface area contributed by atoms with Crippen molar-refractivity contribution in [1.82, 2.24) is 15.5 Å². The first kappa shape index (κ1) is 33.7. The fourth-order valence-electron chi connectivity index (χ4n) is 4.62. The number of alkyl carbamates (subject to hydrolysis) is 1. The molecule has 2 rings (SSSR count). The quantitative estimate of drug-likeness (QED) is 0.283. The van der Waals surface area contributed by atoms with Gasteiger partial charge in [-0.15, -0.1) is 0 Å². The Kier molecular flexibility index (Phi) is 11.8. The molecule has 8 nitrogen and oxygen atoms in total. The summed E-state index contributed by atoms with van der Waals surface area (Å²) in [5.74, 6) is -0.576. The van der Waals surface area contributed by atoms with Crippen LogP contribution in [0.15, 0.2) is 48.5 Å². The van der Waals surface area contributed by atoms with Crippen LogP contribution in [0.1, 0.15) is 97.4 Å². The maximum atomic E-state index is 14.6. The molecule has 2 aromatic rings. The minimum absolute atomic E-state index is 0.0742. The van der Waals surface area contributed by atoms with Crippen molar-refractivity contribution in [2.45, 2.75) is 117 Å². The standard InChI is InChI=1S/C33H49N3O5/c1-10-12-23(4)34-29(38)28(25-17-13-22(3)14-18-25)36(33(8,9)11-2)30(39)27(35-31(40)41-32(5,6)7)21-24-15-19-26(37)20-16-24/h13-20,23,27-28,37H,10-12,21H2,1-9H3,(H,34,38)(H,35,40). The molecule has 0 radical (unpaired) electrons. The monoisotopic (exact) mass is 567 g/mol. The van der Waals surface area contributed by atoms with Gasteiger partial charge in [0.15, 0.2) is 0 Å². The second kappa shape index (κ2) is 14.4. The van der Waals surface area contributed by atoms with Crippen molar-refractivity contribution in [3.05, 3.63) is 65.2 Å². The zero-order valence-electron chi connectivity index (χ0n) is 26.2. The summed E-state index contributed by atoms with van der Waals surface area (Å²) >= 11 is 0. The summed E-state index contributed by atoms with van der Waals surface area (Å²) in [6.45, 7) is 17.1. The third-order valence-electron chi connectivity index (χ3n) is 7.13.